The van der Waals surface area contributed by atoms with Gasteiger partial charge in [0.25, 0.3) is 0 Å². The van der Waals surface area contributed by atoms with Gasteiger partial charge in [-0.05, 0) is 29.8 Å². The van der Waals surface area contributed by atoms with Gasteiger partial charge >= 0.3 is 0 Å². The van der Waals surface area contributed by atoms with E-state index in [-0.39, 0.29) is 5.02 Å². The lowest BCUT2D eigenvalue weighted by Crippen LogP contribution is -2.48. The molecule has 0 aliphatic carbocycles. The molecule has 2 aromatic carbocycles. The van der Waals surface area contributed by atoms with Crippen molar-refractivity contribution in [2.45, 2.75) is 11.4 Å². The van der Waals surface area contributed by atoms with E-state index in [1.165, 1.54) is 10.4 Å². The van der Waals surface area contributed by atoms with Gasteiger partial charge in [-0.15, -0.1) is 0 Å². The van der Waals surface area contributed by atoms with E-state index >= 15 is 0 Å². The van der Waals surface area contributed by atoms with Crippen LogP contribution < -0.4 is 0 Å². The fraction of sp³-hybridized carbons (Fsp3) is 0.294. The summed E-state index contributed by atoms with van der Waals surface area (Å²) in [4.78, 5) is 2.46. The van der Waals surface area contributed by atoms with Crippen LogP contribution in [-0.4, -0.2) is 43.8 Å². The van der Waals surface area contributed by atoms with Crippen molar-refractivity contribution >= 4 is 21.6 Å². The van der Waals surface area contributed by atoms with Crippen LogP contribution in [0.2, 0.25) is 5.02 Å². The number of nitrogens with zero attached hydrogens (tertiary/aromatic N) is 2. The third kappa shape index (κ3) is 3.78. The van der Waals surface area contributed by atoms with Gasteiger partial charge in [0.05, 0.1) is 9.92 Å². The maximum atomic E-state index is 13.2. The van der Waals surface area contributed by atoms with Crippen molar-refractivity contribution in [2.24, 2.45) is 0 Å². The van der Waals surface area contributed by atoms with Crippen molar-refractivity contribution in [3.05, 3.63) is 64.9 Å². The van der Waals surface area contributed by atoms with Crippen LogP contribution in [0.15, 0.2) is 53.4 Å². The minimum absolute atomic E-state index is 0.109. The summed E-state index contributed by atoms with van der Waals surface area (Å²) in [6, 6.07) is 13.1. The molecule has 128 valence electrons. The number of rotatable bonds is 4. The summed E-state index contributed by atoms with van der Waals surface area (Å²) >= 11 is 5.80. The predicted octanol–water partition coefficient (Wildman–Crippen LogP) is 2.99. The monoisotopic (exact) mass is 368 g/mol. The lowest BCUT2D eigenvalue weighted by atomic mass is 10.2. The first-order valence-electron chi connectivity index (χ1n) is 7.68. The first kappa shape index (κ1) is 17.4. The van der Waals surface area contributed by atoms with Crippen LogP contribution in [0.1, 0.15) is 5.56 Å². The van der Waals surface area contributed by atoms with E-state index in [4.69, 9.17) is 11.6 Å². The second-order valence-electron chi connectivity index (χ2n) is 5.74. The Balaban J connectivity index is 1.62. The predicted molar refractivity (Wildman–Crippen MR) is 91.9 cm³/mol. The van der Waals surface area contributed by atoms with E-state index in [1.807, 2.05) is 0 Å². The highest BCUT2D eigenvalue weighted by atomic mass is 35.5. The quantitative estimate of drug-likeness (QED) is 0.833. The van der Waals surface area contributed by atoms with Gasteiger partial charge in [-0.25, -0.2) is 12.8 Å². The van der Waals surface area contributed by atoms with Gasteiger partial charge in [-0.2, -0.15) is 4.31 Å². The summed E-state index contributed by atoms with van der Waals surface area (Å²) < 4.78 is 39.9. The maximum Gasteiger partial charge on any atom is 0.243 e. The van der Waals surface area contributed by atoms with E-state index in [2.05, 4.69) is 4.90 Å². The Morgan fingerprint density at radius 2 is 1.67 bits per heavy atom. The van der Waals surface area contributed by atoms with Gasteiger partial charge < -0.3 is 0 Å². The van der Waals surface area contributed by atoms with Crippen LogP contribution in [0.5, 0.6) is 0 Å². The number of piperazine rings is 1. The highest BCUT2D eigenvalue weighted by molar-refractivity contribution is 7.89. The molecule has 0 unspecified atom stereocenters. The third-order valence-electron chi connectivity index (χ3n) is 4.10. The molecule has 3 rings (SSSR count). The Morgan fingerprint density at radius 3 is 2.29 bits per heavy atom. The Hall–Kier alpha value is -1.47. The number of hydrogen-bond acceptors (Lipinski definition) is 3. The van der Waals surface area contributed by atoms with Crippen LogP contribution in [0.3, 0.4) is 0 Å². The zero-order chi connectivity index (χ0) is 17.2. The van der Waals surface area contributed by atoms with Gasteiger partial charge in [0.1, 0.15) is 5.82 Å². The summed E-state index contributed by atoms with van der Waals surface area (Å²) in [5, 5.41) is 0.109. The van der Waals surface area contributed by atoms with Crippen LogP contribution in [0.4, 0.5) is 4.39 Å². The molecular formula is C17H18ClFN2O2S. The van der Waals surface area contributed by atoms with Gasteiger partial charge in [-0.1, -0.05) is 35.9 Å². The molecule has 7 heteroatoms. The van der Waals surface area contributed by atoms with Crippen LogP contribution in [0.25, 0.3) is 0 Å². The standard InChI is InChI=1S/C17H18ClFN2O2S/c18-16-12-14(6-7-17(16)19)13-20-8-10-21(11-9-20)24(22,23)15-4-2-1-3-5-15/h1-7,12H,8-11,13H2. The zero-order valence-corrected chi connectivity index (χ0v) is 14.6. The zero-order valence-electron chi connectivity index (χ0n) is 13.0. The molecule has 4 nitrogen and oxygen atoms in total. The average molecular weight is 369 g/mol. The average Bonchev–Trinajstić information content (AvgIpc) is 2.59. The van der Waals surface area contributed by atoms with E-state index in [9.17, 15) is 12.8 Å². The number of benzene rings is 2. The molecule has 0 spiro atoms. The maximum absolute atomic E-state index is 13.2. The van der Waals surface area contributed by atoms with E-state index in [1.54, 1.807) is 42.5 Å². The molecule has 0 atom stereocenters. The molecule has 0 amide bonds. The van der Waals surface area contributed by atoms with E-state index in [0.717, 1.165) is 5.56 Å². The number of sulfonamides is 1. The van der Waals surface area contributed by atoms with E-state index in [0.29, 0.717) is 37.6 Å². The molecule has 1 saturated heterocycles. The normalized spacial score (nSPS) is 17.1. The minimum atomic E-state index is -3.43. The van der Waals surface area contributed by atoms with Crippen molar-refractivity contribution in [3.8, 4) is 0 Å². The van der Waals surface area contributed by atoms with Gasteiger partial charge in [-0.3, -0.25) is 4.90 Å². The summed E-state index contributed by atoms with van der Waals surface area (Å²) in [5.41, 5.74) is 0.917. The van der Waals surface area contributed by atoms with Gasteiger partial charge in [0, 0.05) is 32.7 Å². The van der Waals surface area contributed by atoms with E-state index < -0.39 is 15.8 Å². The molecular weight excluding hydrogens is 351 g/mol. The summed E-state index contributed by atoms with van der Waals surface area (Å²) in [5.74, 6) is -0.431. The first-order valence-corrected chi connectivity index (χ1v) is 9.50. The van der Waals surface area contributed by atoms with Crippen LogP contribution in [-0.2, 0) is 16.6 Å². The number of halogens is 2. The molecule has 2 aromatic rings. The largest absolute Gasteiger partial charge is 0.296 e. The fourth-order valence-corrected chi connectivity index (χ4v) is 4.41. The molecule has 0 aromatic heterocycles. The lowest BCUT2D eigenvalue weighted by Gasteiger charge is -2.34. The molecule has 24 heavy (non-hydrogen) atoms. The molecule has 0 bridgehead atoms. The Labute approximate surface area is 146 Å². The smallest absolute Gasteiger partial charge is 0.243 e. The van der Waals surface area contributed by atoms with Crippen molar-refractivity contribution in [3.63, 3.8) is 0 Å². The molecule has 0 N–H and O–H groups in total. The van der Waals surface area contributed by atoms with Crippen molar-refractivity contribution < 1.29 is 12.8 Å². The SMILES string of the molecule is O=S(=O)(c1ccccc1)N1CCN(Cc2ccc(F)c(Cl)c2)CC1. The lowest BCUT2D eigenvalue weighted by molar-refractivity contribution is 0.181. The summed E-state index contributed by atoms with van der Waals surface area (Å²) in [7, 11) is -3.43. The van der Waals surface area contributed by atoms with Gasteiger partial charge in [0.15, 0.2) is 0 Å². The van der Waals surface area contributed by atoms with Crippen molar-refractivity contribution in [1.29, 1.82) is 0 Å². The molecule has 0 radical (unpaired) electrons. The third-order valence-corrected chi connectivity index (χ3v) is 6.30. The van der Waals surface area contributed by atoms with Crippen LogP contribution in [0, 0.1) is 5.82 Å². The van der Waals surface area contributed by atoms with Crippen molar-refractivity contribution in [2.75, 3.05) is 26.2 Å². The van der Waals surface area contributed by atoms with Gasteiger partial charge in [0.2, 0.25) is 10.0 Å². The Morgan fingerprint density at radius 1 is 1.00 bits per heavy atom. The molecule has 1 aliphatic heterocycles. The molecule has 1 aliphatic rings. The molecule has 1 heterocycles. The van der Waals surface area contributed by atoms with Crippen molar-refractivity contribution in [1.82, 2.24) is 9.21 Å². The summed E-state index contributed by atoms with van der Waals surface area (Å²) in [6.07, 6.45) is 0. The summed E-state index contributed by atoms with van der Waals surface area (Å²) in [6.45, 7) is 2.75. The second-order valence-corrected chi connectivity index (χ2v) is 8.09. The Bertz CT molecular complexity index is 807. The second kappa shape index (κ2) is 7.19. The molecule has 0 saturated carbocycles. The highest BCUT2D eigenvalue weighted by Gasteiger charge is 2.28. The first-order chi connectivity index (χ1) is 11.5. The minimum Gasteiger partial charge on any atom is -0.296 e. The Kier molecular flexibility index (Phi) is 5.20. The highest BCUT2D eigenvalue weighted by Crippen LogP contribution is 2.20. The fourth-order valence-electron chi connectivity index (χ4n) is 2.77. The van der Waals surface area contributed by atoms with Crippen LogP contribution >= 0.6 is 11.6 Å². The topological polar surface area (TPSA) is 40.6 Å². The number of hydrogen-bond donors (Lipinski definition) is 0. The molecule has 1 fully saturated rings.